The maximum Gasteiger partial charge on any atom is 0.127 e. The molecule has 0 spiro atoms. The van der Waals surface area contributed by atoms with Crippen LogP contribution in [0.3, 0.4) is 0 Å². The lowest BCUT2D eigenvalue weighted by atomic mass is 10.1. The van der Waals surface area contributed by atoms with Crippen LogP contribution >= 0.6 is 0 Å². The smallest absolute Gasteiger partial charge is 0.127 e. The molecule has 0 aliphatic rings. The summed E-state index contributed by atoms with van der Waals surface area (Å²) in [4.78, 5) is 0. The maximum atomic E-state index is 5.89. The van der Waals surface area contributed by atoms with Crippen molar-refractivity contribution in [2.75, 3.05) is 13.2 Å². The molecule has 0 heterocycles. The van der Waals surface area contributed by atoms with Crippen LogP contribution in [0.1, 0.15) is 18.1 Å². The van der Waals surface area contributed by atoms with Crippen molar-refractivity contribution in [3.63, 3.8) is 0 Å². The van der Waals surface area contributed by atoms with E-state index in [2.05, 4.69) is 29.6 Å². The van der Waals surface area contributed by atoms with Gasteiger partial charge in [-0.05, 0) is 61.3 Å². The van der Waals surface area contributed by atoms with Crippen LogP contribution in [-0.4, -0.2) is 13.2 Å². The quantitative estimate of drug-likeness (QED) is 0.539. The van der Waals surface area contributed by atoms with Gasteiger partial charge in [-0.15, -0.1) is 0 Å². The van der Waals surface area contributed by atoms with E-state index in [1.807, 2.05) is 61.5 Å². The first-order valence-corrected chi connectivity index (χ1v) is 9.08. The van der Waals surface area contributed by atoms with Crippen molar-refractivity contribution in [2.24, 2.45) is 0 Å². The first-order chi connectivity index (χ1) is 12.8. The highest BCUT2D eigenvalue weighted by molar-refractivity contribution is 5.34. The summed E-state index contributed by atoms with van der Waals surface area (Å²) < 4.78 is 11.6. The molecule has 0 saturated heterocycles. The molecule has 0 unspecified atom stereocenters. The Bertz CT molecular complexity index is 802. The van der Waals surface area contributed by atoms with Gasteiger partial charge in [0.05, 0.1) is 6.61 Å². The van der Waals surface area contributed by atoms with Gasteiger partial charge in [0, 0.05) is 6.54 Å². The number of ether oxygens (including phenoxy) is 2. The molecule has 3 heteroatoms. The molecule has 3 rings (SSSR count). The van der Waals surface area contributed by atoms with E-state index in [1.165, 1.54) is 11.1 Å². The zero-order valence-electron chi connectivity index (χ0n) is 15.2. The molecule has 0 saturated carbocycles. The molecular formula is C23H25NO2. The van der Waals surface area contributed by atoms with Crippen LogP contribution in [0.25, 0.3) is 0 Å². The summed E-state index contributed by atoms with van der Waals surface area (Å²) in [7, 11) is 0. The first kappa shape index (κ1) is 18.0. The van der Waals surface area contributed by atoms with Crippen LogP contribution in [0, 0.1) is 0 Å². The fraction of sp³-hybridized carbons (Fsp3) is 0.217. The maximum absolute atomic E-state index is 5.89. The Morgan fingerprint density at radius 2 is 1.58 bits per heavy atom. The Hall–Kier alpha value is -2.78. The number of rotatable bonds is 9. The second-order valence-corrected chi connectivity index (χ2v) is 6.03. The Morgan fingerprint density at radius 3 is 2.42 bits per heavy atom. The van der Waals surface area contributed by atoms with Crippen molar-refractivity contribution in [2.45, 2.75) is 19.9 Å². The van der Waals surface area contributed by atoms with Crippen LogP contribution in [0.2, 0.25) is 0 Å². The van der Waals surface area contributed by atoms with E-state index in [0.717, 1.165) is 36.8 Å². The number of para-hydroxylation sites is 2. The van der Waals surface area contributed by atoms with E-state index in [9.17, 15) is 0 Å². The molecule has 0 aliphatic carbocycles. The highest BCUT2D eigenvalue weighted by atomic mass is 16.5. The van der Waals surface area contributed by atoms with Crippen LogP contribution in [-0.2, 0) is 13.0 Å². The second kappa shape index (κ2) is 9.64. The van der Waals surface area contributed by atoms with Crippen LogP contribution in [0.5, 0.6) is 17.2 Å². The predicted octanol–water partition coefficient (Wildman–Crippen LogP) is 5.21. The Balaban J connectivity index is 1.50. The van der Waals surface area contributed by atoms with E-state index in [4.69, 9.17) is 9.47 Å². The lowest BCUT2D eigenvalue weighted by molar-refractivity contribution is 0.336. The van der Waals surface area contributed by atoms with E-state index in [-0.39, 0.29) is 0 Å². The predicted molar refractivity (Wildman–Crippen MR) is 106 cm³/mol. The van der Waals surface area contributed by atoms with Gasteiger partial charge >= 0.3 is 0 Å². The molecule has 3 nitrogen and oxygen atoms in total. The summed E-state index contributed by atoms with van der Waals surface area (Å²) in [5.74, 6) is 2.69. The number of nitrogens with one attached hydrogen (secondary N) is 1. The molecule has 0 radical (unpaired) electrons. The molecule has 1 N–H and O–H groups in total. The summed E-state index contributed by atoms with van der Waals surface area (Å²) in [5, 5.41) is 3.50. The third-order valence-electron chi connectivity index (χ3n) is 4.05. The monoisotopic (exact) mass is 347 g/mol. The zero-order valence-corrected chi connectivity index (χ0v) is 15.2. The minimum atomic E-state index is 0.693. The summed E-state index contributed by atoms with van der Waals surface area (Å²) in [6.45, 7) is 4.41. The Kier molecular flexibility index (Phi) is 6.68. The molecule has 26 heavy (non-hydrogen) atoms. The average molecular weight is 347 g/mol. The molecule has 3 aromatic carbocycles. The molecule has 0 bridgehead atoms. The Labute approximate surface area is 155 Å². The Morgan fingerprint density at radius 1 is 0.808 bits per heavy atom. The number of hydrogen-bond acceptors (Lipinski definition) is 3. The van der Waals surface area contributed by atoms with Crippen molar-refractivity contribution < 1.29 is 9.47 Å². The van der Waals surface area contributed by atoms with Crippen molar-refractivity contribution in [3.05, 3.63) is 90.0 Å². The third kappa shape index (κ3) is 5.36. The molecule has 0 aliphatic heterocycles. The fourth-order valence-electron chi connectivity index (χ4n) is 2.81. The van der Waals surface area contributed by atoms with Gasteiger partial charge in [0.15, 0.2) is 0 Å². The number of hydrogen-bond donors (Lipinski definition) is 1. The summed E-state index contributed by atoms with van der Waals surface area (Å²) in [5.41, 5.74) is 2.44. The number of benzene rings is 3. The van der Waals surface area contributed by atoms with Gasteiger partial charge in [0.25, 0.3) is 0 Å². The molecule has 0 fully saturated rings. The van der Waals surface area contributed by atoms with Crippen LogP contribution in [0.15, 0.2) is 78.9 Å². The zero-order chi connectivity index (χ0) is 18.0. The molecule has 3 aromatic rings. The van der Waals surface area contributed by atoms with Crippen LogP contribution < -0.4 is 14.8 Å². The van der Waals surface area contributed by atoms with Crippen molar-refractivity contribution in [1.82, 2.24) is 5.32 Å². The lowest BCUT2D eigenvalue weighted by Gasteiger charge is -2.11. The third-order valence-corrected chi connectivity index (χ3v) is 4.05. The highest BCUT2D eigenvalue weighted by Gasteiger charge is 2.03. The van der Waals surface area contributed by atoms with E-state index in [1.54, 1.807) is 0 Å². The largest absolute Gasteiger partial charge is 0.494 e. The average Bonchev–Trinajstić information content (AvgIpc) is 2.68. The van der Waals surface area contributed by atoms with Gasteiger partial charge in [-0.25, -0.2) is 0 Å². The van der Waals surface area contributed by atoms with Gasteiger partial charge < -0.3 is 14.8 Å². The standard InChI is InChI=1S/C23H25NO2/c1-2-25-23-14-7-6-10-20(23)15-16-24-18-19-9-8-13-22(17-19)26-21-11-4-3-5-12-21/h3-14,17,24H,2,15-16,18H2,1H3. The van der Waals surface area contributed by atoms with Gasteiger partial charge in [0.2, 0.25) is 0 Å². The topological polar surface area (TPSA) is 30.5 Å². The van der Waals surface area contributed by atoms with E-state index in [0.29, 0.717) is 6.61 Å². The van der Waals surface area contributed by atoms with Crippen molar-refractivity contribution >= 4 is 0 Å². The van der Waals surface area contributed by atoms with Crippen molar-refractivity contribution in [3.8, 4) is 17.2 Å². The molecular weight excluding hydrogens is 322 g/mol. The summed E-state index contributed by atoms with van der Waals surface area (Å²) in [6, 6.07) is 26.3. The molecule has 0 amide bonds. The van der Waals surface area contributed by atoms with Crippen LogP contribution in [0.4, 0.5) is 0 Å². The SMILES string of the molecule is CCOc1ccccc1CCNCc1cccc(Oc2ccccc2)c1. The van der Waals surface area contributed by atoms with Crippen molar-refractivity contribution in [1.29, 1.82) is 0 Å². The van der Waals surface area contributed by atoms with Gasteiger partial charge in [-0.1, -0.05) is 48.5 Å². The molecule has 134 valence electrons. The fourth-order valence-corrected chi connectivity index (χ4v) is 2.81. The molecule has 0 atom stereocenters. The highest BCUT2D eigenvalue weighted by Crippen LogP contribution is 2.22. The molecule has 0 aromatic heterocycles. The van der Waals surface area contributed by atoms with Gasteiger partial charge in [-0.3, -0.25) is 0 Å². The first-order valence-electron chi connectivity index (χ1n) is 9.08. The normalized spacial score (nSPS) is 10.5. The van der Waals surface area contributed by atoms with Gasteiger partial charge in [0.1, 0.15) is 17.2 Å². The minimum Gasteiger partial charge on any atom is -0.494 e. The minimum absolute atomic E-state index is 0.693. The van der Waals surface area contributed by atoms with Gasteiger partial charge in [-0.2, -0.15) is 0 Å². The van der Waals surface area contributed by atoms with E-state index < -0.39 is 0 Å². The lowest BCUT2D eigenvalue weighted by Crippen LogP contribution is -2.17. The summed E-state index contributed by atoms with van der Waals surface area (Å²) in [6.07, 6.45) is 0.941. The second-order valence-electron chi connectivity index (χ2n) is 6.03. The summed E-state index contributed by atoms with van der Waals surface area (Å²) >= 11 is 0. The van der Waals surface area contributed by atoms with E-state index >= 15 is 0 Å².